The summed E-state index contributed by atoms with van der Waals surface area (Å²) in [6, 6.07) is 3.17. The fourth-order valence-corrected chi connectivity index (χ4v) is 1.53. The third-order valence-electron chi connectivity index (χ3n) is 2.06. The summed E-state index contributed by atoms with van der Waals surface area (Å²) in [5, 5.41) is 6.90. The topological polar surface area (TPSA) is 85.8 Å². The van der Waals surface area contributed by atoms with Crippen LogP contribution in [0.5, 0.6) is 0 Å². The van der Waals surface area contributed by atoms with Gasteiger partial charge in [-0.3, -0.25) is 9.48 Å². The van der Waals surface area contributed by atoms with Crippen LogP contribution in [0.1, 0.15) is 10.5 Å². The van der Waals surface area contributed by atoms with Crippen LogP contribution in [0.4, 0.5) is 11.4 Å². The second-order valence-electron chi connectivity index (χ2n) is 3.43. The Kier molecular flexibility index (Phi) is 2.97. The number of anilines is 2. The van der Waals surface area contributed by atoms with Gasteiger partial charge in [0, 0.05) is 25.1 Å². The highest BCUT2D eigenvalue weighted by Crippen LogP contribution is 2.15. The number of hydrogen-bond acceptors (Lipinski definition) is 4. The van der Waals surface area contributed by atoms with Gasteiger partial charge in [-0.1, -0.05) is 11.6 Å². The van der Waals surface area contributed by atoms with Crippen molar-refractivity contribution in [2.45, 2.75) is 0 Å². The Bertz CT molecular complexity index is 566. The Balaban J connectivity index is 2.20. The van der Waals surface area contributed by atoms with Crippen LogP contribution in [0.25, 0.3) is 0 Å². The van der Waals surface area contributed by atoms with Gasteiger partial charge in [0.05, 0.1) is 5.69 Å². The van der Waals surface area contributed by atoms with Crippen LogP contribution in [0.2, 0.25) is 5.15 Å². The molecule has 0 aliphatic rings. The SMILES string of the molecule is Cn1cc(N)c(C(=O)Nc2ccnc(Cl)c2)n1. The second-order valence-corrected chi connectivity index (χ2v) is 3.82. The van der Waals surface area contributed by atoms with Crippen LogP contribution in [0.15, 0.2) is 24.5 Å². The molecule has 0 atom stereocenters. The molecule has 17 heavy (non-hydrogen) atoms. The molecule has 1 amide bonds. The maximum absolute atomic E-state index is 11.8. The molecular formula is C10H10ClN5O. The van der Waals surface area contributed by atoms with Crippen LogP contribution in [0.3, 0.4) is 0 Å². The van der Waals surface area contributed by atoms with Gasteiger partial charge >= 0.3 is 0 Å². The van der Waals surface area contributed by atoms with Gasteiger partial charge in [0.15, 0.2) is 5.69 Å². The molecule has 0 aliphatic heterocycles. The van der Waals surface area contributed by atoms with E-state index in [4.69, 9.17) is 17.3 Å². The quantitative estimate of drug-likeness (QED) is 0.788. The normalized spacial score (nSPS) is 10.2. The van der Waals surface area contributed by atoms with E-state index >= 15 is 0 Å². The summed E-state index contributed by atoms with van der Waals surface area (Å²) in [6.45, 7) is 0. The van der Waals surface area contributed by atoms with Crippen LogP contribution < -0.4 is 11.1 Å². The number of pyridine rings is 1. The number of aromatic nitrogens is 3. The van der Waals surface area contributed by atoms with Gasteiger partial charge in [-0.05, 0) is 12.1 Å². The zero-order valence-electron chi connectivity index (χ0n) is 9.01. The van der Waals surface area contributed by atoms with E-state index in [1.165, 1.54) is 10.9 Å². The molecular weight excluding hydrogens is 242 g/mol. The lowest BCUT2D eigenvalue weighted by Crippen LogP contribution is -2.14. The van der Waals surface area contributed by atoms with Crippen molar-refractivity contribution in [1.29, 1.82) is 0 Å². The number of nitrogens with two attached hydrogens (primary N) is 1. The predicted molar refractivity (Wildman–Crippen MR) is 64.8 cm³/mol. The predicted octanol–water partition coefficient (Wildman–Crippen LogP) is 1.30. The van der Waals surface area contributed by atoms with E-state index in [2.05, 4.69) is 15.4 Å². The van der Waals surface area contributed by atoms with Gasteiger partial charge < -0.3 is 11.1 Å². The summed E-state index contributed by atoms with van der Waals surface area (Å²) in [6.07, 6.45) is 3.06. The minimum atomic E-state index is -0.384. The summed E-state index contributed by atoms with van der Waals surface area (Å²) in [7, 11) is 1.69. The van der Waals surface area contributed by atoms with Gasteiger partial charge in [-0.15, -0.1) is 0 Å². The Labute approximate surface area is 102 Å². The summed E-state index contributed by atoms with van der Waals surface area (Å²) < 4.78 is 1.48. The molecule has 0 spiro atoms. The van der Waals surface area contributed by atoms with E-state index in [-0.39, 0.29) is 11.6 Å². The molecule has 0 radical (unpaired) electrons. The first-order valence-corrected chi connectivity index (χ1v) is 5.16. The van der Waals surface area contributed by atoms with E-state index in [0.717, 1.165) is 0 Å². The number of nitrogens with zero attached hydrogens (tertiary/aromatic N) is 3. The van der Waals surface area contributed by atoms with Crippen LogP contribution >= 0.6 is 11.6 Å². The third-order valence-corrected chi connectivity index (χ3v) is 2.26. The molecule has 88 valence electrons. The lowest BCUT2D eigenvalue weighted by molar-refractivity contribution is 0.102. The van der Waals surface area contributed by atoms with Crippen molar-refractivity contribution in [3.8, 4) is 0 Å². The molecule has 0 aliphatic carbocycles. The number of nitrogens with one attached hydrogen (secondary N) is 1. The summed E-state index contributed by atoms with van der Waals surface area (Å²) in [5.74, 6) is -0.384. The van der Waals surface area contributed by atoms with Crippen molar-refractivity contribution >= 4 is 28.9 Å². The molecule has 0 saturated heterocycles. The van der Waals surface area contributed by atoms with Crippen molar-refractivity contribution in [3.05, 3.63) is 35.4 Å². The van der Waals surface area contributed by atoms with Crippen LogP contribution in [-0.2, 0) is 7.05 Å². The zero-order valence-corrected chi connectivity index (χ0v) is 9.77. The van der Waals surface area contributed by atoms with Crippen molar-refractivity contribution in [3.63, 3.8) is 0 Å². The van der Waals surface area contributed by atoms with E-state index in [9.17, 15) is 4.79 Å². The average Bonchev–Trinajstić information content (AvgIpc) is 2.58. The molecule has 6 nitrogen and oxygen atoms in total. The lowest BCUT2D eigenvalue weighted by Gasteiger charge is -2.03. The molecule has 0 bridgehead atoms. The fourth-order valence-electron chi connectivity index (χ4n) is 1.35. The van der Waals surface area contributed by atoms with Crippen LogP contribution in [0, 0.1) is 0 Å². The van der Waals surface area contributed by atoms with E-state index in [1.807, 2.05) is 0 Å². The first-order chi connectivity index (χ1) is 8.06. The number of aryl methyl sites for hydroxylation is 1. The van der Waals surface area contributed by atoms with Gasteiger partial charge in [-0.25, -0.2) is 4.98 Å². The van der Waals surface area contributed by atoms with Crippen molar-refractivity contribution < 1.29 is 4.79 Å². The Morgan fingerprint density at radius 3 is 2.94 bits per heavy atom. The largest absolute Gasteiger partial charge is 0.396 e. The summed E-state index contributed by atoms with van der Waals surface area (Å²) >= 11 is 5.70. The number of halogens is 1. The molecule has 3 N–H and O–H groups in total. The zero-order chi connectivity index (χ0) is 12.4. The number of nitrogen functional groups attached to an aromatic ring is 1. The van der Waals surface area contributed by atoms with Crippen LogP contribution in [-0.4, -0.2) is 20.7 Å². The van der Waals surface area contributed by atoms with Gasteiger partial charge in [-0.2, -0.15) is 5.10 Å². The Hall–Kier alpha value is -2.08. The average molecular weight is 252 g/mol. The summed E-state index contributed by atoms with van der Waals surface area (Å²) in [4.78, 5) is 15.6. The minimum Gasteiger partial charge on any atom is -0.396 e. The smallest absolute Gasteiger partial charge is 0.278 e. The molecule has 2 heterocycles. The monoisotopic (exact) mass is 251 g/mol. The van der Waals surface area contributed by atoms with E-state index in [1.54, 1.807) is 25.4 Å². The highest BCUT2D eigenvalue weighted by atomic mass is 35.5. The number of amides is 1. The van der Waals surface area contributed by atoms with Crippen molar-refractivity contribution in [1.82, 2.24) is 14.8 Å². The first kappa shape index (κ1) is 11.4. The molecule has 7 heteroatoms. The van der Waals surface area contributed by atoms with Gasteiger partial charge in [0.1, 0.15) is 5.15 Å². The maximum atomic E-state index is 11.8. The molecule has 0 fully saturated rings. The summed E-state index contributed by atoms with van der Waals surface area (Å²) in [5.41, 5.74) is 6.69. The maximum Gasteiger partial charge on any atom is 0.278 e. The third kappa shape index (κ3) is 2.54. The first-order valence-electron chi connectivity index (χ1n) is 4.78. The Morgan fingerprint density at radius 1 is 1.59 bits per heavy atom. The highest BCUT2D eigenvalue weighted by molar-refractivity contribution is 6.29. The van der Waals surface area contributed by atoms with E-state index in [0.29, 0.717) is 16.5 Å². The molecule has 2 aromatic heterocycles. The number of carbonyl (C=O) groups is 1. The molecule has 0 aromatic carbocycles. The van der Waals surface area contributed by atoms with Crippen molar-refractivity contribution in [2.75, 3.05) is 11.1 Å². The number of carbonyl (C=O) groups excluding carboxylic acids is 1. The van der Waals surface area contributed by atoms with Gasteiger partial charge in [0.25, 0.3) is 5.91 Å². The van der Waals surface area contributed by atoms with Crippen molar-refractivity contribution in [2.24, 2.45) is 7.05 Å². The molecule has 2 aromatic rings. The highest BCUT2D eigenvalue weighted by Gasteiger charge is 2.14. The lowest BCUT2D eigenvalue weighted by atomic mass is 10.3. The standard InChI is InChI=1S/C10H10ClN5O/c1-16-5-7(12)9(15-16)10(17)14-6-2-3-13-8(11)4-6/h2-5H,12H2,1H3,(H,13,14,17). The van der Waals surface area contributed by atoms with Gasteiger partial charge in [0.2, 0.25) is 0 Å². The molecule has 2 rings (SSSR count). The second kappa shape index (κ2) is 4.42. The molecule has 0 unspecified atom stereocenters. The molecule has 0 saturated carbocycles. The number of hydrogen-bond donors (Lipinski definition) is 2. The number of rotatable bonds is 2. The van der Waals surface area contributed by atoms with E-state index < -0.39 is 0 Å². The Morgan fingerprint density at radius 2 is 2.35 bits per heavy atom. The fraction of sp³-hybridized carbons (Fsp3) is 0.100. The minimum absolute atomic E-state index is 0.181.